The molecule has 5 heteroatoms. The van der Waals surface area contributed by atoms with Crippen molar-refractivity contribution in [2.45, 2.75) is 91.9 Å². The van der Waals surface area contributed by atoms with Gasteiger partial charge in [0.2, 0.25) is 0 Å². The Hall–Kier alpha value is -0.261. The maximum Gasteiger partial charge on any atom is 2.00 e. The Morgan fingerprint density at radius 1 is 0.652 bits per heavy atom. The summed E-state index contributed by atoms with van der Waals surface area (Å²) < 4.78 is 0. The van der Waals surface area contributed by atoms with Crippen molar-refractivity contribution in [1.82, 2.24) is 0 Å². The molecule has 4 nitrogen and oxygen atoms in total. The van der Waals surface area contributed by atoms with E-state index in [2.05, 4.69) is 13.8 Å². The van der Waals surface area contributed by atoms with Crippen LogP contribution in [0.2, 0.25) is 0 Å². The summed E-state index contributed by atoms with van der Waals surface area (Å²) in [5, 5.41) is 21.0. The van der Waals surface area contributed by atoms with E-state index < -0.39 is 11.9 Å². The van der Waals surface area contributed by atoms with Crippen LogP contribution < -0.4 is 10.2 Å². The fourth-order valence-corrected chi connectivity index (χ4v) is 2.36. The molecule has 0 spiro atoms. The normalized spacial score (nSPS) is 12.3. The van der Waals surface area contributed by atoms with Crippen LogP contribution in [-0.4, -0.2) is 35.8 Å². The first-order valence-corrected chi connectivity index (χ1v) is 8.86. The largest absolute Gasteiger partial charge is 2.00 e. The molecule has 0 fully saturated rings. The summed E-state index contributed by atoms with van der Waals surface area (Å²) in [4.78, 5) is 21.0. The van der Waals surface area contributed by atoms with Crippen molar-refractivity contribution in [3.8, 4) is 0 Å². The van der Waals surface area contributed by atoms with Crippen LogP contribution >= 0.6 is 0 Å². The number of carboxylic acids is 2. The summed E-state index contributed by atoms with van der Waals surface area (Å²) in [5.41, 5.74) is 0. The van der Waals surface area contributed by atoms with E-state index in [0.29, 0.717) is 0 Å². The molecule has 2 atom stereocenters. The Bertz CT molecular complexity index is 254. The second kappa shape index (κ2) is 19.8. The summed E-state index contributed by atoms with van der Waals surface area (Å²) in [7, 11) is 0. The monoisotopic (exact) mass is 434 g/mol. The van der Waals surface area contributed by atoms with Crippen LogP contribution in [0.3, 0.4) is 0 Å². The molecule has 2 unspecified atom stereocenters. The van der Waals surface area contributed by atoms with Crippen molar-refractivity contribution in [1.29, 1.82) is 0 Å². The molecule has 0 rings (SSSR count). The van der Waals surface area contributed by atoms with Gasteiger partial charge in [-0.2, -0.15) is 0 Å². The predicted octanol–water partition coefficient (Wildman–Crippen LogP) is 2.30. The van der Waals surface area contributed by atoms with E-state index >= 15 is 0 Å². The van der Waals surface area contributed by atoms with Gasteiger partial charge in [0.15, 0.2) is 0 Å². The zero-order chi connectivity index (χ0) is 17.4. The van der Waals surface area contributed by atoms with E-state index in [4.69, 9.17) is 0 Å². The van der Waals surface area contributed by atoms with E-state index in [1.54, 1.807) is 0 Å². The number of carbonyl (C=O) groups excluding carboxylic acids is 2. The molecule has 0 aliphatic rings. The Kier molecular flexibility index (Phi) is 23.7. The molecule has 2 radical (unpaired) electrons. The molecular weight excluding hydrogens is 399 g/mol. The van der Waals surface area contributed by atoms with Crippen molar-refractivity contribution in [3.63, 3.8) is 0 Å². The first-order chi connectivity index (χ1) is 10.4. The smallest absolute Gasteiger partial charge is 0.550 e. The molecule has 0 saturated carbocycles. The van der Waals surface area contributed by atoms with Gasteiger partial charge in [0.1, 0.15) is 0 Å². The molecule has 0 bridgehead atoms. The first-order valence-electron chi connectivity index (χ1n) is 8.86. The molecule has 0 amide bonds. The summed E-state index contributed by atoms with van der Waals surface area (Å²) >= 11 is 0. The average Bonchev–Trinajstić information content (AvgIpc) is 2.48. The van der Waals surface area contributed by atoms with Gasteiger partial charge in [-0.05, 0) is 37.5 Å². The number of carbonyl (C=O) groups is 2. The Balaban J connectivity index is -0.000000333. The van der Waals surface area contributed by atoms with Gasteiger partial charge in [-0.25, -0.2) is 0 Å². The van der Waals surface area contributed by atoms with E-state index in [0.717, 1.165) is 64.2 Å². The topological polar surface area (TPSA) is 80.3 Å². The van der Waals surface area contributed by atoms with Crippen LogP contribution in [0.4, 0.5) is 0 Å². The predicted molar refractivity (Wildman–Crippen MR) is 91.6 cm³/mol. The minimum absolute atomic E-state index is 0. The Morgan fingerprint density at radius 3 is 1.13 bits per heavy atom. The fraction of sp³-hybridized carbons (Fsp3) is 0.889. The molecule has 0 aromatic heterocycles. The first kappa shape index (κ1) is 27.6. The second-order valence-electron chi connectivity index (χ2n) is 5.89. The Labute approximate surface area is 159 Å². The van der Waals surface area contributed by atoms with E-state index in [1.807, 2.05) is 13.8 Å². The van der Waals surface area contributed by atoms with Crippen molar-refractivity contribution in [2.75, 3.05) is 0 Å². The van der Waals surface area contributed by atoms with Gasteiger partial charge < -0.3 is 19.8 Å². The molecular formula is C18H34O4Sn. The van der Waals surface area contributed by atoms with Gasteiger partial charge in [-0.1, -0.05) is 66.2 Å². The molecule has 0 aliphatic carbocycles. The third-order valence-corrected chi connectivity index (χ3v) is 3.75. The molecule has 0 aliphatic heterocycles. The molecule has 134 valence electrons. The quantitative estimate of drug-likeness (QED) is 0.443. The van der Waals surface area contributed by atoms with Crippen molar-refractivity contribution >= 4 is 35.8 Å². The zero-order valence-corrected chi connectivity index (χ0v) is 18.2. The summed E-state index contributed by atoms with van der Waals surface area (Å²) in [5.74, 6) is -2.17. The number of aliphatic carboxylic acids is 2. The van der Waals surface area contributed by atoms with Gasteiger partial charge in [-0.3, -0.25) is 0 Å². The van der Waals surface area contributed by atoms with E-state index in [1.165, 1.54) is 0 Å². The van der Waals surface area contributed by atoms with Crippen LogP contribution in [0.15, 0.2) is 0 Å². The summed E-state index contributed by atoms with van der Waals surface area (Å²) in [6, 6.07) is 0. The minimum Gasteiger partial charge on any atom is -0.550 e. The molecule has 0 saturated heterocycles. The summed E-state index contributed by atoms with van der Waals surface area (Å²) in [6.07, 6.45) is 9.09. The number of hydrogen-bond donors (Lipinski definition) is 0. The molecule has 0 heterocycles. The molecule has 0 aromatic rings. The standard InChI is InChI=1S/2C9H18O2.Sn/c2*1-3-5-7-8(6-4-2)9(10)11;/h2*8H,3-7H2,1-2H3,(H,10,11);/q;;+2/p-2. The maximum atomic E-state index is 10.5. The van der Waals surface area contributed by atoms with Crippen molar-refractivity contribution < 1.29 is 19.8 Å². The minimum atomic E-state index is -0.875. The third-order valence-electron chi connectivity index (χ3n) is 3.75. The van der Waals surface area contributed by atoms with E-state index in [-0.39, 0.29) is 35.7 Å². The van der Waals surface area contributed by atoms with Gasteiger partial charge in [-0.15, -0.1) is 0 Å². The Morgan fingerprint density at radius 2 is 0.957 bits per heavy atom. The van der Waals surface area contributed by atoms with Crippen LogP contribution in [-0.2, 0) is 9.59 Å². The average molecular weight is 433 g/mol. The SMILES string of the molecule is CCCCC(CCC)C(=O)[O-].CCCCC(CCC)C(=O)[O-].[Sn+2]. The number of carboxylic acid groups (broad SMARTS) is 2. The van der Waals surface area contributed by atoms with Crippen LogP contribution in [0.25, 0.3) is 0 Å². The van der Waals surface area contributed by atoms with Gasteiger partial charge in [0, 0.05) is 11.9 Å². The van der Waals surface area contributed by atoms with Crippen LogP contribution in [0.5, 0.6) is 0 Å². The second-order valence-corrected chi connectivity index (χ2v) is 5.89. The van der Waals surface area contributed by atoms with Gasteiger partial charge in [0.05, 0.1) is 0 Å². The number of hydrogen-bond acceptors (Lipinski definition) is 4. The van der Waals surface area contributed by atoms with Crippen LogP contribution in [0, 0.1) is 11.8 Å². The van der Waals surface area contributed by atoms with Gasteiger partial charge >= 0.3 is 23.9 Å². The van der Waals surface area contributed by atoms with Crippen LogP contribution in [0.1, 0.15) is 91.9 Å². The zero-order valence-electron chi connectivity index (χ0n) is 15.4. The van der Waals surface area contributed by atoms with Crippen molar-refractivity contribution in [3.05, 3.63) is 0 Å². The molecule has 23 heavy (non-hydrogen) atoms. The fourth-order valence-electron chi connectivity index (χ4n) is 2.36. The maximum absolute atomic E-state index is 10.5. The van der Waals surface area contributed by atoms with Gasteiger partial charge in [0.25, 0.3) is 0 Å². The number of rotatable bonds is 12. The molecule has 0 aromatic carbocycles. The third kappa shape index (κ3) is 17.9. The molecule has 0 N–H and O–H groups in total. The van der Waals surface area contributed by atoms with E-state index in [9.17, 15) is 19.8 Å². The number of unbranched alkanes of at least 4 members (excludes halogenated alkanes) is 2. The summed E-state index contributed by atoms with van der Waals surface area (Å²) in [6.45, 7) is 8.14. The van der Waals surface area contributed by atoms with Crippen molar-refractivity contribution in [2.24, 2.45) is 11.8 Å².